The number of aryl methyl sites for hydroxylation is 1. The average Bonchev–Trinajstić information content (AvgIpc) is 3.37. The monoisotopic (exact) mass is 483 g/mol. The maximum Gasteiger partial charge on any atom is 0.406 e. The van der Waals surface area contributed by atoms with Gasteiger partial charge in [-0.05, 0) is 61.8 Å². The van der Waals surface area contributed by atoms with Crippen LogP contribution in [0.5, 0.6) is 5.75 Å². The Kier molecular flexibility index (Phi) is 4.72. The van der Waals surface area contributed by atoms with E-state index < -0.39 is 12.7 Å². The lowest BCUT2D eigenvalue weighted by Gasteiger charge is -2.52. The van der Waals surface area contributed by atoms with Crippen molar-refractivity contribution in [1.82, 2.24) is 19.0 Å². The maximum atomic E-state index is 13.5. The molecule has 35 heavy (non-hydrogen) atoms. The van der Waals surface area contributed by atoms with Crippen LogP contribution in [-0.2, 0) is 13.1 Å². The van der Waals surface area contributed by atoms with Crippen molar-refractivity contribution in [3.8, 4) is 23.3 Å². The molecule has 3 aliphatic rings. The number of rotatable bonds is 5. The number of nitrogens with zero attached hydrogens (tertiary/aromatic N) is 5. The molecular weight excluding hydrogens is 459 g/mol. The van der Waals surface area contributed by atoms with Gasteiger partial charge in [0.25, 0.3) is 5.91 Å². The van der Waals surface area contributed by atoms with Gasteiger partial charge in [0, 0.05) is 24.7 Å². The molecule has 1 amide bonds. The van der Waals surface area contributed by atoms with Crippen LogP contribution in [0.4, 0.5) is 13.2 Å². The molecule has 6 rings (SSSR count). The van der Waals surface area contributed by atoms with Crippen molar-refractivity contribution in [2.45, 2.75) is 45.1 Å². The molecule has 2 aromatic heterocycles. The number of likely N-dealkylation sites (tertiary alicyclic amines) is 1. The topological polar surface area (TPSA) is 76.1 Å². The molecule has 0 bridgehead atoms. The zero-order valence-electron chi connectivity index (χ0n) is 19.3. The second-order valence-corrected chi connectivity index (χ2v) is 9.74. The minimum absolute atomic E-state index is 0.0529. The summed E-state index contributed by atoms with van der Waals surface area (Å²) in [6.07, 6.45) is -2.23. The molecule has 0 spiro atoms. The third-order valence-corrected chi connectivity index (χ3v) is 8.03. The van der Waals surface area contributed by atoms with Gasteiger partial charge >= 0.3 is 6.18 Å². The van der Waals surface area contributed by atoms with Crippen LogP contribution >= 0.6 is 0 Å². The molecule has 10 heteroatoms. The van der Waals surface area contributed by atoms with Crippen LogP contribution in [0.1, 0.15) is 35.8 Å². The fourth-order valence-electron chi connectivity index (χ4n) is 6.49. The molecule has 3 aromatic rings. The number of hydrogen-bond acceptors (Lipinski definition) is 4. The van der Waals surface area contributed by atoms with Gasteiger partial charge in [0.05, 0.1) is 18.3 Å². The highest BCUT2D eigenvalue weighted by molar-refractivity contribution is 6.00. The fourth-order valence-corrected chi connectivity index (χ4v) is 6.49. The van der Waals surface area contributed by atoms with Crippen LogP contribution in [0.15, 0.2) is 24.3 Å². The number of nitriles is 1. The van der Waals surface area contributed by atoms with E-state index in [1.807, 2.05) is 17.9 Å². The molecule has 2 saturated carbocycles. The average molecular weight is 483 g/mol. The first-order valence-corrected chi connectivity index (χ1v) is 11.8. The van der Waals surface area contributed by atoms with Gasteiger partial charge < -0.3 is 18.8 Å². The van der Waals surface area contributed by atoms with Crippen molar-refractivity contribution < 1.29 is 22.7 Å². The Morgan fingerprint density at radius 3 is 2.66 bits per heavy atom. The van der Waals surface area contributed by atoms with E-state index in [-0.39, 0.29) is 23.1 Å². The number of amides is 1. The van der Waals surface area contributed by atoms with Gasteiger partial charge in [-0.25, -0.2) is 4.98 Å². The predicted octanol–water partition coefficient (Wildman–Crippen LogP) is 4.45. The number of aromatic nitrogens is 3. The number of carbonyl (C=O) groups is 1. The second kappa shape index (κ2) is 7.51. The van der Waals surface area contributed by atoms with Crippen LogP contribution < -0.4 is 4.74 Å². The zero-order chi connectivity index (χ0) is 24.6. The van der Waals surface area contributed by atoms with Crippen LogP contribution in [0.3, 0.4) is 0 Å². The summed E-state index contributed by atoms with van der Waals surface area (Å²) in [5.74, 6) is 2.70. The van der Waals surface area contributed by atoms with Crippen molar-refractivity contribution in [1.29, 1.82) is 5.26 Å². The fraction of sp³-hybridized carbons (Fsp3) is 0.480. The first-order chi connectivity index (χ1) is 16.7. The molecule has 1 unspecified atom stereocenters. The third-order valence-electron chi connectivity index (χ3n) is 8.03. The van der Waals surface area contributed by atoms with E-state index in [2.05, 4.69) is 4.98 Å². The summed E-state index contributed by atoms with van der Waals surface area (Å²) in [4.78, 5) is 20.1. The summed E-state index contributed by atoms with van der Waals surface area (Å²) in [7, 11) is 1.50. The van der Waals surface area contributed by atoms with Crippen LogP contribution in [0, 0.1) is 29.1 Å². The van der Waals surface area contributed by atoms with Crippen LogP contribution in [0.2, 0.25) is 0 Å². The summed E-state index contributed by atoms with van der Waals surface area (Å²) in [5, 5.41) is 9.36. The Labute approximate surface area is 199 Å². The van der Waals surface area contributed by atoms with Gasteiger partial charge in [-0.15, -0.1) is 0 Å². The number of imidazole rings is 1. The lowest BCUT2D eigenvalue weighted by atomic mass is 9.53. The number of benzene rings is 1. The minimum Gasteiger partial charge on any atom is -0.494 e. The van der Waals surface area contributed by atoms with Gasteiger partial charge in [0.15, 0.2) is 5.82 Å². The molecular formula is C25H24F3N5O2. The number of ether oxygens (including phenoxy) is 1. The Bertz CT molecular complexity index is 1400. The molecule has 1 aliphatic heterocycles. The molecule has 2 aliphatic carbocycles. The standard InChI is InChI=1S/C25H24F3N5O2/c1-3-31-22-17(30-23(31)18-5-4-16(10-29)33(18)12-25(26,27)28)7-14(9-20(22)35-2)24(34)32-11-15-6-13-8-19(32)21(13)15/h4-5,7,9,13,15,19,21H,3,6,8,11-12H2,1-2H3/t13?,15-,19-,21-/m1/s1. The Morgan fingerprint density at radius 2 is 2.03 bits per heavy atom. The van der Waals surface area contributed by atoms with Crippen molar-refractivity contribution in [3.05, 3.63) is 35.5 Å². The number of carbonyl (C=O) groups excluding carboxylic acids is 1. The maximum absolute atomic E-state index is 13.5. The summed E-state index contributed by atoms with van der Waals surface area (Å²) in [6, 6.07) is 8.38. The Morgan fingerprint density at radius 1 is 1.23 bits per heavy atom. The molecule has 3 fully saturated rings. The Hall–Kier alpha value is -3.48. The molecule has 0 radical (unpaired) electrons. The molecule has 0 N–H and O–H groups in total. The lowest BCUT2D eigenvalue weighted by molar-refractivity contribution is -0.140. The van der Waals surface area contributed by atoms with Gasteiger partial charge in [0.2, 0.25) is 0 Å². The molecule has 4 atom stereocenters. The van der Waals surface area contributed by atoms with E-state index in [9.17, 15) is 23.2 Å². The summed E-state index contributed by atoms with van der Waals surface area (Å²) in [5.41, 5.74) is 1.62. The van der Waals surface area contributed by atoms with Crippen molar-refractivity contribution >= 4 is 16.9 Å². The predicted molar refractivity (Wildman–Crippen MR) is 121 cm³/mol. The number of alkyl halides is 3. The minimum atomic E-state index is -4.50. The van der Waals surface area contributed by atoms with E-state index in [0.29, 0.717) is 46.8 Å². The summed E-state index contributed by atoms with van der Waals surface area (Å²) >= 11 is 0. The Balaban J connectivity index is 1.45. The first kappa shape index (κ1) is 22.0. The SMILES string of the molecule is CCn1c(-c2ccc(C#N)n2CC(F)(F)F)nc2cc(C(=O)N3C[C@H]4CC5C[C@@H]3[C@H]54)cc(OC)c21. The van der Waals surface area contributed by atoms with E-state index in [1.54, 1.807) is 16.7 Å². The van der Waals surface area contributed by atoms with Gasteiger partial charge in [-0.2, -0.15) is 18.4 Å². The number of fused-ring (bicyclic) bond motifs is 1. The van der Waals surface area contributed by atoms with Crippen LogP contribution in [0.25, 0.3) is 22.6 Å². The van der Waals surface area contributed by atoms with Crippen LogP contribution in [-0.4, -0.2) is 50.8 Å². The zero-order valence-corrected chi connectivity index (χ0v) is 19.3. The van der Waals surface area contributed by atoms with E-state index in [4.69, 9.17) is 4.74 Å². The largest absolute Gasteiger partial charge is 0.494 e. The van der Waals surface area contributed by atoms with E-state index >= 15 is 0 Å². The second-order valence-electron chi connectivity index (χ2n) is 9.74. The van der Waals surface area contributed by atoms with Gasteiger partial charge in [0.1, 0.15) is 29.6 Å². The quantitative estimate of drug-likeness (QED) is 0.538. The van der Waals surface area contributed by atoms with Gasteiger partial charge in [-0.3, -0.25) is 4.79 Å². The first-order valence-electron chi connectivity index (χ1n) is 11.8. The highest BCUT2D eigenvalue weighted by atomic mass is 19.4. The van der Waals surface area contributed by atoms with Crippen molar-refractivity contribution in [2.75, 3.05) is 13.7 Å². The van der Waals surface area contributed by atoms with E-state index in [1.165, 1.54) is 25.7 Å². The van der Waals surface area contributed by atoms with Gasteiger partial charge in [-0.1, -0.05) is 0 Å². The molecule has 182 valence electrons. The molecule has 1 aromatic carbocycles. The summed E-state index contributed by atoms with van der Waals surface area (Å²) < 4.78 is 48.2. The molecule has 3 heterocycles. The van der Waals surface area contributed by atoms with Crippen molar-refractivity contribution in [3.63, 3.8) is 0 Å². The highest BCUT2D eigenvalue weighted by Gasteiger charge is 2.61. The number of hydrogen-bond donors (Lipinski definition) is 0. The number of methoxy groups -OCH3 is 1. The highest BCUT2D eigenvalue weighted by Crippen LogP contribution is 2.60. The molecule has 1 saturated heterocycles. The lowest BCUT2D eigenvalue weighted by Crippen LogP contribution is -2.53. The smallest absolute Gasteiger partial charge is 0.406 e. The third kappa shape index (κ3) is 3.17. The summed E-state index contributed by atoms with van der Waals surface area (Å²) in [6.45, 7) is 1.75. The van der Waals surface area contributed by atoms with Crippen molar-refractivity contribution in [2.24, 2.45) is 17.8 Å². The number of halogens is 3. The normalized spacial score (nSPS) is 24.6. The molecule has 7 nitrogen and oxygen atoms in total. The van der Waals surface area contributed by atoms with E-state index in [0.717, 1.165) is 23.5 Å².